The molecule has 1 amide bonds. The maximum atomic E-state index is 12.2. The zero-order chi connectivity index (χ0) is 15.3. The van der Waals surface area contributed by atoms with E-state index in [0.29, 0.717) is 12.8 Å². The molecule has 1 aliphatic carbocycles. The summed E-state index contributed by atoms with van der Waals surface area (Å²) in [5.74, 6) is -2.77. The van der Waals surface area contributed by atoms with Crippen LogP contribution in [-0.2, 0) is 19.1 Å². The molecule has 1 aliphatic rings. The van der Waals surface area contributed by atoms with E-state index in [0.717, 1.165) is 6.42 Å². The third-order valence-electron chi connectivity index (χ3n) is 3.89. The molecule has 1 rings (SSSR count). The van der Waals surface area contributed by atoms with Gasteiger partial charge in [-0.25, -0.2) is 4.79 Å². The van der Waals surface area contributed by atoms with Crippen LogP contribution in [0.15, 0.2) is 0 Å². The van der Waals surface area contributed by atoms with Gasteiger partial charge >= 0.3 is 11.9 Å². The van der Waals surface area contributed by atoms with Crippen molar-refractivity contribution >= 4 is 17.8 Å². The summed E-state index contributed by atoms with van der Waals surface area (Å²) in [6.45, 7) is 5.47. The van der Waals surface area contributed by atoms with E-state index in [1.807, 2.05) is 6.92 Å². The van der Waals surface area contributed by atoms with Gasteiger partial charge in [-0.05, 0) is 32.6 Å². The molecule has 114 valence electrons. The average Bonchev–Trinajstić information content (AvgIpc) is 2.83. The third-order valence-corrected chi connectivity index (χ3v) is 3.89. The number of hydrogen-bond acceptors (Lipinski definition) is 4. The standard InChI is InChI=1S/C14H23NO5/c1-4-9-6-10(11(7-9)13(17)18)12(16)15-8(3)14(19)20-5-2/h8-11H,4-7H2,1-3H3,(H,15,16)(H,17,18)/t8?,9?,10-,11+/m0/s1. The summed E-state index contributed by atoms with van der Waals surface area (Å²) in [5.41, 5.74) is 0. The Morgan fingerprint density at radius 1 is 1.25 bits per heavy atom. The lowest BCUT2D eigenvalue weighted by Crippen LogP contribution is -2.44. The highest BCUT2D eigenvalue weighted by molar-refractivity contribution is 5.88. The smallest absolute Gasteiger partial charge is 0.328 e. The Morgan fingerprint density at radius 3 is 2.35 bits per heavy atom. The molecule has 4 atom stereocenters. The van der Waals surface area contributed by atoms with E-state index in [1.54, 1.807) is 6.92 Å². The van der Waals surface area contributed by atoms with Crippen molar-refractivity contribution in [2.75, 3.05) is 6.61 Å². The first-order chi connectivity index (χ1) is 9.40. The maximum Gasteiger partial charge on any atom is 0.328 e. The van der Waals surface area contributed by atoms with Crippen LogP contribution in [0, 0.1) is 17.8 Å². The Labute approximate surface area is 118 Å². The minimum atomic E-state index is -0.940. The second-order valence-corrected chi connectivity index (χ2v) is 5.28. The van der Waals surface area contributed by atoms with Crippen molar-refractivity contribution in [1.82, 2.24) is 5.32 Å². The molecule has 0 saturated heterocycles. The Bertz CT molecular complexity index is 382. The Hall–Kier alpha value is -1.59. The van der Waals surface area contributed by atoms with E-state index < -0.39 is 29.8 Å². The fourth-order valence-corrected chi connectivity index (χ4v) is 2.69. The number of ether oxygens (including phenoxy) is 1. The van der Waals surface area contributed by atoms with Crippen LogP contribution in [0.4, 0.5) is 0 Å². The van der Waals surface area contributed by atoms with Gasteiger partial charge in [-0.2, -0.15) is 0 Å². The highest BCUT2D eigenvalue weighted by atomic mass is 16.5. The molecule has 1 fully saturated rings. The molecule has 0 aromatic carbocycles. The van der Waals surface area contributed by atoms with Crippen LogP contribution < -0.4 is 5.32 Å². The van der Waals surface area contributed by atoms with Gasteiger partial charge in [0.25, 0.3) is 0 Å². The van der Waals surface area contributed by atoms with Crippen LogP contribution in [0.3, 0.4) is 0 Å². The van der Waals surface area contributed by atoms with Gasteiger partial charge in [0.1, 0.15) is 6.04 Å². The highest BCUT2D eigenvalue weighted by Gasteiger charge is 2.42. The average molecular weight is 285 g/mol. The van der Waals surface area contributed by atoms with Crippen LogP contribution in [0.2, 0.25) is 0 Å². The first-order valence-corrected chi connectivity index (χ1v) is 7.10. The normalized spacial score (nSPS) is 26.9. The molecule has 2 unspecified atom stereocenters. The summed E-state index contributed by atoms with van der Waals surface area (Å²) in [7, 11) is 0. The van der Waals surface area contributed by atoms with Gasteiger partial charge in [0.2, 0.25) is 5.91 Å². The lowest BCUT2D eigenvalue weighted by molar-refractivity contribution is -0.149. The molecule has 1 saturated carbocycles. The number of carboxylic acid groups (broad SMARTS) is 1. The van der Waals surface area contributed by atoms with Crippen molar-refractivity contribution in [2.45, 2.75) is 46.1 Å². The van der Waals surface area contributed by atoms with Gasteiger partial charge in [0.15, 0.2) is 0 Å². The monoisotopic (exact) mass is 285 g/mol. The summed E-state index contributed by atoms with van der Waals surface area (Å²) in [4.78, 5) is 34.9. The summed E-state index contributed by atoms with van der Waals surface area (Å²) in [6.07, 6.45) is 1.95. The molecule has 0 heterocycles. The zero-order valence-electron chi connectivity index (χ0n) is 12.2. The van der Waals surface area contributed by atoms with E-state index in [-0.39, 0.29) is 18.4 Å². The lowest BCUT2D eigenvalue weighted by Gasteiger charge is -2.18. The highest BCUT2D eigenvalue weighted by Crippen LogP contribution is 2.38. The molecular formula is C14H23NO5. The number of hydrogen-bond donors (Lipinski definition) is 2. The summed E-state index contributed by atoms with van der Waals surface area (Å²) in [5, 5.41) is 11.8. The minimum Gasteiger partial charge on any atom is -0.481 e. The number of rotatable bonds is 6. The van der Waals surface area contributed by atoms with Gasteiger partial charge in [-0.15, -0.1) is 0 Å². The predicted octanol–water partition coefficient (Wildman–Crippen LogP) is 1.19. The molecule has 6 heteroatoms. The first kappa shape index (κ1) is 16.5. The second kappa shape index (κ2) is 7.26. The Morgan fingerprint density at radius 2 is 1.85 bits per heavy atom. The molecule has 0 spiro atoms. The maximum absolute atomic E-state index is 12.2. The number of amides is 1. The van der Waals surface area contributed by atoms with Crippen molar-refractivity contribution in [2.24, 2.45) is 17.8 Å². The Balaban J connectivity index is 2.65. The van der Waals surface area contributed by atoms with Gasteiger partial charge in [0.05, 0.1) is 18.4 Å². The van der Waals surface area contributed by atoms with E-state index in [4.69, 9.17) is 4.74 Å². The van der Waals surface area contributed by atoms with Crippen molar-refractivity contribution in [3.63, 3.8) is 0 Å². The number of carbonyl (C=O) groups is 3. The molecule has 2 N–H and O–H groups in total. The molecular weight excluding hydrogens is 262 g/mol. The summed E-state index contributed by atoms with van der Waals surface area (Å²) < 4.78 is 4.81. The fourth-order valence-electron chi connectivity index (χ4n) is 2.69. The molecule has 0 aliphatic heterocycles. The third kappa shape index (κ3) is 3.95. The van der Waals surface area contributed by atoms with Crippen LogP contribution in [0.25, 0.3) is 0 Å². The van der Waals surface area contributed by atoms with Gasteiger partial charge in [-0.3, -0.25) is 9.59 Å². The number of carboxylic acids is 1. The fraction of sp³-hybridized carbons (Fsp3) is 0.786. The quantitative estimate of drug-likeness (QED) is 0.715. The van der Waals surface area contributed by atoms with Crippen LogP contribution in [0.1, 0.15) is 40.0 Å². The molecule has 0 radical (unpaired) electrons. The number of esters is 1. The largest absolute Gasteiger partial charge is 0.481 e. The van der Waals surface area contributed by atoms with Crippen LogP contribution in [0.5, 0.6) is 0 Å². The minimum absolute atomic E-state index is 0.248. The molecule has 20 heavy (non-hydrogen) atoms. The number of carbonyl (C=O) groups excluding carboxylic acids is 2. The summed E-state index contributed by atoms with van der Waals surface area (Å²) >= 11 is 0. The van der Waals surface area contributed by atoms with Crippen molar-refractivity contribution in [3.05, 3.63) is 0 Å². The Kier molecular flexibility index (Phi) is 5.98. The van der Waals surface area contributed by atoms with E-state index >= 15 is 0 Å². The van der Waals surface area contributed by atoms with Gasteiger partial charge in [-0.1, -0.05) is 13.3 Å². The molecule has 6 nitrogen and oxygen atoms in total. The lowest BCUT2D eigenvalue weighted by atomic mass is 9.95. The number of aliphatic carboxylic acids is 1. The van der Waals surface area contributed by atoms with Gasteiger partial charge < -0.3 is 15.2 Å². The molecule has 0 aromatic heterocycles. The topological polar surface area (TPSA) is 92.7 Å². The van der Waals surface area contributed by atoms with E-state index in [9.17, 15) is 19.5 Å². The van der Waals surface area contributed by atoms with Crippen LogP contribution in [-0.4, -0.2) is 35.6 Å². The van der Waals surface area contributed by atoms with Crippen LogP contribution >= 0.6 is 0 Å². The first-order valence-electron chi connectivity index (χ1n) is 7.10. The van der Waals surface area contributed by atoms with Crippen molar-refractivity contribution in [3.8, 4) is 0 Å². The van der Waals surface area contributed by atoms with Crippen molar-refractivity contribution in [1.29, 1.82) is 0 Å². The number of nitrogens with one attached hydrogen (secondary N) is 1. The second-order valence-electron chi connectivity index (χ2n) is 5.28. The van der Waals surface area contributed by atoms with Gasteiger partial charge in [0, 0.05) is 0 Å². The zero-order valence-corrected chi connectivity index (χ0v) is 12.2. The summed E-state index contributed by atoms with van der Waals surface area (Å²) in [6, 6.07) is -0.752. The SMILES string of the molecule is CCOC(=O)C(C)NC(=O)[C@H]1CC(CC)C[C@H]1C(=O)O. The molecule has 0 bridgehead atoms. The molecule has 0 aromatic rings. The van der Waals surface area contributed by atoms with E-state index in [1.165, 1.54) is 6.92 Å². The van der Waals surface area contributed by atoms with E-state index in [2.05, 4.69) is 5.32 Å². The predicted molar refractivity (Wildman–Crippen MR) is 71.9 cm³/mol. The van der Waals surface area contributed by atoms with Crippen molar-refractivity contribution < 1.29 is 24.2 Å².